The van der Waals surface area contributed by atoms with E-state index in [9.17, 15) is 4.79 Å². The van der Waals surface area contributed by atoms with Gasteiger partial charge in [0.25, 0.3) is 0 Å². The molecule has 0 aliphatic heterocycles. The van der Waals surface area contributed by atoms with Gasteiger partial charge in [-0.2, -0.15) is 0 Å². The van der Waals surface area contributed by atoms with Gasteiger partial charge in [0.1, 0.15) is 20.7 Å². The van der Waals surface area contributed by atoms with Crippen molar-refractivity contribution in [3.8, 4) is 21.1 Å². The smallest absolute Gasteiger partial charge is 0.236 e. The van der Waals surface area contributed by atoms with Gasteiger partial charge in [0.15, 0.2) is 0 Å². The van der Waals surface area contributed by atoms with E-state index in [1.54, 1.807) is 23.7 Å². The fourth-order valence-electron chi connectivity index (χ4n) is 2.68. The van der Waals surface area contributed by atoms with E-state index in [-0.39, 0.29) is 11.7 Å². The molecule has 0 radical (unpaired) electrons. The quantitative estimate of drug-likeness (QED) is 0.376. The highest BCUT2D eigenvalue weighted by atomic mass is 32.2. The first-order valence-electron chi connectivity index (χ1n) is 9.59. The number of amides is 1. The molecule has 158 valence electrons. The van der Waals surface area contributed by atoms with E-state index in [0.717, 1.165) is 44.7 Å². The molecule has 0 saturated heterocycles. The van der Waals surface area contributed by atoms with Gasteiger partial charge in [0.2, 0.25) is 11.0 Å². The number of nitrogens with one attached hydrogen (secondary N) is 1. The maximum absolute atomic E-state index is 12.2. The summed E-state index contributed by atoms with van der Waals surface area (Å²) in [7, 11) is 0. The largest absolute Gasteiger partial charge is 0.300 e. The molecular formula is C20H19N7OS3. The molecule has 11 heteroatoms. The summed E-state index contributed by atoms with van der Waals surface area (Å²) in [5.41, 5.74) is 2.64. The van der Waals surface area contributed by atoms with Crippen molar-refractivity contribution in [2.45, 2.75) is 31.7 Å². The average Bonchev–Trinajstić information content (AvgIpc) is 3.40. The number of thiazole rings is 1. The lowest BCUT2D eigenvalue weighted by molar-refractivity contribution is -0.113. The Morgan fingerprint density at radius 2 is 2.03 bits per heavy atom. The van der Waals surface area contributed by atoms with E-state index in [2.05, 4.69) is 42.6 Å². The topological polar surface area (TPSA) is 106 Å². The van der Waals surface area contributed by atoms with Gasteiger partial charge in [-0.15, -0.1) is 31.7 Å². The number of carbonyl (C=O) groups is 1. The van der Waals surface area contributed by atoms with Gasteiger partial charge in [-0.25, -0.2) is 4.98 Å². The molecule has 1 N–H and O–H groups in total. The Labute approximate surface area is 191 Å². The third-order valence-corrected chi connectivity index (χ3v) is 7.15. The molecule has 0 atom stereocenters. The number of carbonyl (C=O) groups excluding carboxylic acids is 1. The third kappa shape index (κ3) is 5.49. The van der Waals surface area contributed by atoms with Gasteiger partial charge in [0, 0.05) is 24.4 Å². The van der Waals surface area contributed by atoms with Gasteiger partial charge in [0.05, 0.1) is 16.3 Å². The summed E-state index contributed by atoms with van der Waals surface area (Å²) < 4.78 is 0. The van der Waals surface area contributed by atoms with Gasteiger partial charge in [-0.3, -0.25) is 15.1 Å². The van der Waals surface area contributed by atoms with Crippen LogP contribution in [0.4, 0.5) is 5.13 Å². The van der Waals surface area contributed by atoms with Crippen molar-refractivity contribution in [2.24, 2.45) is 0 Å². The standard InChI is InChI=1S/C20H19N7OS3/c1-3-5-17-26-27-20(30-17)23-15(28)11-29-16-8-7-14(24-25-16)18-12(2)22-19(31-18)13-6-4-9-21-10-13/h4,6-10H,3,5,11H2,1-2H3,(H,23,27,28). The van der Waals surface area contributed by atoms with E-state index in [4.69, 9.17) is 0 Å². The van der Waals surface area contributed by atoms with Gasteiger partial charge >= 0.3 is 0 Å². The van der Waals surface area contributed by atoms with Crippen molar-refractivity contribution in [2.75, 3.05) is 11.1 Å². The Morgan fingerprint density at radius 3 is 2.77 bits per heavy atom. The van der Waals surface area contributed by atoms with Gasteiger partial charge in [-0.05, 0) is 37.6 Å². The number of hydrogen-bond acceptors (Lipinski definition) is 10. The number of aryl methyl sites for hydroxylation is 2. The first kappa shape index (κ1) is 21.5. The molecule has 1 amide bonds. The number of rotatable bonds is 8. The highest BCUT2D eigenvalue weighted by molar-refractivity contribution is 7.99. The molecule has 4 aromatic heterocycles. The minimum absolute atomic E-state index is 0.144. The van der Waals surface area contributed by atoms with E-state index in [1.807, 2.05) is 31.2 Å². The number of thioether (sulfide) groups is 1. The zero-order valence-corrected chi connectivity index (χ0v) is 19.4. The second kappa shape index (κ2) is 10.0. The SMILES string of the molecule is CCCc1nnc(NC(=O)CSc2ccc(-c3sc(-c4cccnc4)nc3C)nn2)s1. The number of hydrogen-bond donors (Lipinski definition) is 1. The average molecular weight is 470 g/mol. The molecular weight excluding hydrogens is 450 g/mol. The van der Waals surface area contributed by atoms with Crippen LogP contribution in [0.3, 0.4) is 0 Å². The molecule has 0 aliphatic rings. The Balaban J connectivity index is 1.36. The van der Waals surface area contributed by atoms with Crippen LogP contribution in [0.2, 0.25) is 0 Å². The summed E-state index contributed by atoms with van der Waals surface area (Å²) in [6, 6.07) is 7.65. The van der Waals surface area contributed by atoms with Crippen molar-refractivity contribution in [1.82, 2.24) is 30.4 Å². The number of aromatic nitrogens is 6. The lowest BCUT2D eigenvalue weighted by Gasteiger charge is -2.02. The van der Waals surface area contributed by atoms with E-state index >= 15 is 0 Å². The summed E-state index contributed by atoms with van der Waals surface area (Å²) in [6.07, 6.45) is 5.40. The lowest BCUT2D eigenvalue weighted by atomic mass is 10.3. The van der Waals surface area contributed by atoms with Crippen molar-refractivity contribution in [1.29, 1.82) is 0 Å². The Morgan fingerprint density at radius 1 is 1.13 bits per heavy atom. The fraction of sp³-hybridized carbons (Fsp3) is 0.250. The molecule has 8 nitrogen and oxygen atoms in total. The van der Waals surface area contributed by atoms with Crippen LogP contribution < -0.4 is 5.32 Å². The zero-order valence-electron chi connectivity index (χ0n) is 16.9. The fourth-order valence-corrected chi connectivity index (χ4v) is 5.17. The predicted molar refractivity (Wildman–Crippen MR) is 124 cm³/mol. The molecule has 4 heterocycles. The first-order valence-corrected chi connectivity index (χ1v) is 12.2. The molecule has 31 heavy (non-hydrogen) atoms. The van der Waals surface area contributed by atoms with Gasteiger partial charge in [-0.1, -0.05) is 30.0 Å². The van der Waals surface area contributed by atoms with Crippen LogP contribution in [0.5, 0.6) is 0 Å². The van der Waals surface area contributed by atoms with Crippen molar-refractivity contribution in [3.63, 3.8) is 0 Å². The molecule has 0 aromatic carbocycles. The lowest BCUT2D eigenvalue weighted by Crippen LogP contribution is -2.14. The third-order valence-electron chi connectivity index (χ3n) is 4.11. The van der Waals surface area contributed by atoms with Crippen molar-refractivity contribution >= 4 is 45.5 Å². The maximum atomic E-state index is 12.2. The van der Waals surface area contributed by atoms with Crippen LogP contribution in [-0.4, -0.2) is 42.0 Å². The zero-order chi connectivity index (χ0) is 21.6. The molecule has 0 fully saturated rings. The second-order valence-electron chi connectivity index (χ2n) is 6.52. The molecule has 4 rings (SSSR count). The monoisotopic (exact) mass is 469 g/mol. The van der Waals surface area contributed by atoms with Crippen LogP contribution in [0.15, 0.2) is 41.7 Å². The van der Waals surface area contributed by atoms with Crippen LogP contribution >= 0.6 is 34.4 Å². The molecule has 4 aromatic rings. The Bertz CT molecular complexity index is 1160. The minimum Gasteiger partial charge on any atom is -0.300 e. The van der Waals surface area contributed by atoms with E-state index < -0.39 is 0 Å². The van der Waals surface area contributed by atoms with Crippen LogP contribution in [0.1, 0.15) is 24.0 Å². The molecule has 0 bridgehead atoms. The van der Waals surface area contributed by atoms with E-state index in [1.165, 1.54) is 23.1 Å². The molecule has 0 spiro atoms. The summed E-state index contributed by atoms with van der Waals surface area (Å²) in [4.78, 5) is 21.9. The van der Waals surface area contributed by atoms with Crippen molar-refractivity contribution < 1.29 is 4.79 Å². The summed E-state index contributed by atoms with van der Waals surface area (Å²) >= 11 is 4.29. The number of nitrogens with zero attached hydrogens (tertiary/aromatic N) is 6. The van der Waals surface area contributed by atoms with Crippen molar-refractivity contribution in [3.05, 3.63) is 47.4 Å². The summed E-state index contributed by atoms with van der Waals surface area (Å²) in [5.74, 6) is 0.0797. The summed E-state index contributed by atoms with van der Waals surface area (Å²) in [5, 5.41) is 22.5. The summed E-state index contributed by atoms with van der Waals surface area (Å²) in [6.45, 7) is 4.04. The van der Waals surface area contributed by atoms with Crippen LogP contribution in [-0.2, 0) is 11.2 Å². The Hall–Kier alpha value is -2.76. The number of pyridine rings is 1. The van der Waals surface area contributed by atoms with Crippen LogP contribution in [0.25, 0.3) is 21.1 Å². The molecule has 0 unspecified atom stereocenters. The highest BCUT2D eigenvalue weighted by Gasteiger charge is 2.14. The minimum atomic E-state index is -0.144. The normalized spacial score (nSPS) is 10.9. The van der Waals surface area contributed by atoms with E-state index in [0.29, 0.717) is 10.2 Å². The van der Waals surface area contributed by atoms with Crippen LogP contribution in [0, 0.1) is 6.92 Å². The predicted octanol–water partition coefficient (Wildman–Crippen LogP) is 4.51. The highest BCUT2D eigenvalue weighted by Crippen LogP contribution is 2.34. The Kier molecular flexibility index (Phi) is 6.95. The molecule has 0 saturated carbocycles. The first-order chi connectivity index (χ1) is 15.1. The second-order valence-corrected chi connectivity index (χ2v) is 9.58. The van der Waals surface area contributed by atoms with Gasteiger partial charge < -0.3 is 0 Å². The molecule has 0 aliphatic carbocycles. The maximum Gasteiger partial charge on any atom is 0.236 e. The number of anilines is 1.